The summed E-state index contributed by atoms with van der Waals surface area (Å²) in [6, 6.07) is 21.2. The lowest BCUT2D eigenvalue weighted by molar-refractivity contribution is 0.0996. The average molecular weight is 489 g/mol. The molecule has 0 unspecified atom stereocenters. The summed E-state index contributed by atoms with van der Waals surface area (Å²) >= 11 is 0. The van der Waals surface area contributed by atoms with E-state index in [1.165, 1.54) is 24.5 Å². The number of aryl methyl sites for hydroxylation is 2. The largest absolute Gasteiger partial charge is 0.468 e. The van der Waals surface area contributed by atoms with Crippen LogP contribution in [-0.4, -0.2) is 20.1 Å². The van der Waals surface area contributed by atoms with Crippen molar-refractivity contribution in [3.63, 3.8) is 0 Å². The van der Waals surface area contributed by atoms with Crippen LogP contribution in [0.4, 0.5) is 5.69 Å². The van der Waals surface area contributed by atoms with Crippen molar-refractivity contribution in [3.8, 4) is 0 Å². The van der Waals surface area contributed by atoms with E-state index in [9.17, 15) is 18.0 Å². The molecule has 7 nitrogen and oxygen atoms in total. The molecule has 8 heteroatoms. The molecule has 0 bridgehead atoms. The molecular formula is C27H24N2O5S. The van der Waals surface area contributed by atoms with Crippen molar-refractivity contribution >= 4 is 27.4 Å². The number of benzene rings is 3. The lowest BCUT2D eigenvalue weighted by Gasteiger charge is -2.12. The molecule has 3 aromatic carbocycles. The van der Waals surface area contributed by atoms with Gasteiger partial charge in [-0.1, -0.05) is 36.4 Å². The Labute approximate surface area is 203 Å². The Bertz CT molecular complexity index is 1490. The van der Waals surface area contributed by atoms with Crippen LogP contribution in [0.2, 0.25) is 0 Å². The third-order valence-electron chi connectivity index (χ3n) is 5.60. The highest BCUT2D eigenvalue weighted by molar-refractivity contribution is 7.89. The maximum Gasteiger partial charge on any atom is 0.256 e. The number of carbonyl (C=O) groups excluding carboxylic acids is 2. The van der Waals surface area contributed by atoms with Gasteiger partial charge in [-0.25, -0.2) is 13.1 Å². The van der Waals surface area contributed by atoms with Crippen molar-refractivity contribution < 1.29 is 22.4 Å². The van der Waals surface area contributed by atoms with Gasteiger partial charge >= 0.3 is 0 Å². The highest BCUT2D eigenvalue weighted by Gasteiger charge is 2.20. The SMILES string of the molecule is Cc1ccc(C(=O)c2ccccc2C(=O)Nc2cccc(S(=O)(=O)NCc3ccco3)c2)cc1C. The van der Waals surface area contributed by atoms with Gasteiger partial charge in [0, 0.05) is 16.8 Å². The zero-order valence-corrected chi connectivity index (χ0v) is 20.1. The number of rotatable bonds is 8. The topological polar surface area (TPSA) is 105 Å². The number of anilines is 1. The Hall–Kier alpha value is -4.01. The Morgan fingerprint density at radius 1 is 0.829 bits per heavy atom. The molecule has 0 spiro atoms. The normalized spacial score (nSPS) is 11.3. The van der Waals surface area contributed by atoms with Gasteiger partial charge in [-0.15, -0.1) is 0 Å². The zero-order chi connectivity index (χ0) is 25.0. The van der Waals surface area contributed by atoms with E-state index in [2.05, 4.69) is 10.0 Å². The summed E-state index contributed by atoms with van der Waals surface area (Å²) in [6.45, 7) is 3.89. The first kappa shape index (κ1) is 24.1. The van der Waals surface area contributed by atoms with Crippen LogP contribution in [0.5, 0.6) is 0 Å². The monoisotopic (exact) mass is 488 g/mol. The highest BCUT2D eigenvalue weighted by atomic mass is 32.2. The number of nitrogens with one attached hydrogen (secondary N) is 2. The predicted molar refractivity (Wildman–Crippen MR) is 133 cm³/mol. The third kappa shape index (κ3) is 5.56. The molecule has 0 saturated carbocycles. The van der Waals surface area contributed by atoms with E-state index in [0.29, 0.717) is 11.3 Å². The fourth-order valence-corrected chi connectivity index (χ4v) is 4.56. The minimum Gasteiger partial charge on any atom is -0.468 e. The van der Waals surface area contributed by atoms with E-state index in [4.69, 9.17) is 4.42 Å². The average Bonchev–Trinajstić information content (AvgIpc) is 3.38. The summed E-state index contributed by atoms with van der Waals surface area (Å²) in [5.41, 5.74) is 3.28. The standard InChI is InChI=1S/C27H24N2O5S/c1-18-12-13-20(15-19(18)2)26(30)24-10-3-4-11-25(24)27(31)29-21-7-5-9-23(16-21)35(32,33)28-17-22-8-6-14-34-22/h3-16,28H,17H2,1-2H3,(H,29,31). The second kappa shape index (κ2) is 10.1. The highest BCUT2D eigenvalue weighted by Crippen LogP contribution is 2.21. The summed E-state index contributed by atoms with van der Waals surface area (Å²) in [5, 5.41) is 2.71. The fourth-order valence-electron chi connectivity index (χ4n) is 3.52. The molecular weight excluding hydrogens is 464 g/mol. The van der Waals surface area contributed by atoms with Crippen LogP contribution >= 0.6 is 0 Å². The molecule has 1 heterocycles. The van der Waals surface area contributed by atoms with Gasteiger partial charge < -0.3 is 9.73 Å². The fraction of sp³-hybridized carbons (Fsp3) is 0.111. The molecule has 4 rings (SSSR count). The first-order valence-corrected chi connectivity index (χ1v) is 12.4. The summed E-state index contributed by atoms with van der Waals surface area (Å²) in [6.07, 6.45) is 1.46. The van der Waals surface area contributed by atoms with Gasteiger partial charge in [-0.3, -0.25) is 9.59 Å². The van der Waals surface area contributed by atoms with Crippen molar-refractivity contribution in [2.75, 3.05) is 5.32 Å². The van der Waals surface area contributed by atoms with Gasteiger partial charge in [0.15, 0.2) is 5.78 Å². The van der Waals surface area contributed by atoms with E-state index < -0.39 is 15.9 Å². The quantitative estimate of drug-likeness (QED) is 0.345. The smallest absolute Gasteiger partial charge is 0.256 e. The molecule has 0 aliphatic heterocycles. The van der Waals surface area contributed by atoms with Crippen LogP contribution in [0.25, 0.3) is 0 Å². The Balaban J connectivity index is 1.55. The van der Waals surface area contributed by atoms with Gasteiger partial charge in [-0.05, 0) is 67.4 Å². The summed E-state index contributed by atoms with van der Waals surface area (Å²) in [4.78, 5) is 26.2. The first-order chi connectivity index (χ1) is 16.7. The lowest BCUT2D eigenvalue weighted by Crippen LogP contribution is -2.23. The summed E-state index contributed by atoms with van der Waals surface area (Å²) in [5.74, 6) is -0.309. The molecule has 1 amide bonds. The number of furan rings is 1. The maximum atomic E-state index is 13.2. The van der Waals surface area contributed by atoms with Crippen LogP contribution in [0, 0.1) is 13.8 Å². The van der Waals surface area contributed by atoms with Gasteiger partial charge in [0.1, 0.15) is 5.76 Å². The third-order valence-corrected chi connectivity index (χ3v) is 7.00. The van der Waals surface area contributed by atoms with E-state index in [-0.39, 0.29) is 34.0 Å². The van der Waals surface area contributed by atoms with E-state index in [1.54, 1.807) is 54.6 Å². The molecule has 4 aromatic rings. The number of ketones is 1. The van der Waals surface area contributed by atoms with Crippen molar-refractivity contribution in [1.82, 2.24) is 4.72 Å². The van der Waals surface area contributed by atoms with Crippen LogP contribution in [0.15, 0.2) is 94.4 Å². The predicted octanol–water partition coefficient (Wildman–Crippen LogP) is 4.86. The van der Waals surface area contributed by atoms with E-state index >= 15 is 0 Å². The minimum atomic E-state index is -3.84. The Morgan fingerprint density at radius 3 is 2.31 bits per heavy atom. The molecule has 0 radical (unpaired) electrons. The molecule has 0 saturated heterocycles. The molecule has 2 N–H and O–H groups in total. The Morgan fingerprint density at radius 2 is 1.60 bits per heavy atom. The molecule has 1 aromatic heterocycles. The molecule has 0 fully saturated rings. The molecule has 0 atom stereocenters. The second-order valence-electron chi connectivity index (χ2n) is 8.06. The van der Waals surface area contributed by atoms with Crippen LogP contribution in [0.1, 0.15) is 43.2 Å². The number of hydrogen-bond acceptors (Lipinski definition) is 5. The Kier molecular flexibility index (Phi) is 6.95. The number of carbonyl (C=O) groups is 2. The first-order valence-electron chi connectivity index (χ1n) is 10.9. The van der Waals surface area contributed by atoms with Gasteiger partial charge in [-0.2, -0.15) is 0 Å². The van der Waals surface area contributed by atoms with Crippen molar-refractivity contribution in [2.45, 2.75) is 25.3 Å². The molecule has 35 heavy (non-hydrogen) atoms. The van der Waals surface area contributed by atoms with E-state index in [1.807, 2.05) is 19.9 Å². The van der Waals surface area contributed by atoms with Crippen LogP contribution < -0.4 is 10.0 Å². The van der Waals surface area contributed by atoms with Crippen molar-refractivity contribution in [3.05, 3.63) is 119 Å². The van der Waals surface area contributed by atoms with Gasteiger partial charge in [0.05, 0.1) is 23.3 Å². The van der Waals surface area contributed by atoms with Crippen LogP contribution in [-0.2, 0) is 16.6 Å². The second-order valence-corrected chi connectivity index (χ2v) is 9.83. The minimum absolute atomic E-state index is 0.000107. The lowest BCUT2D eigenvalue weighted by atomic mass is 9.95. The molecule has 0 aliphatic carbocycles. The van der Waals surface area contributed by atoms with Gasteiger partial charge in [0.2, 0.25) is 10.0 Å². The molecule has 0 aliphatic rings. The maximum absolute atomic E-state index is 13.2. The number of amides is 1. The van der Waals surface area contributed by atoms with Crippen molar-refractivity contribution in [1.29, 1.82) is 0 Å². The van der Waals surface area contributed by atoms with Crippen LogP contribution in [0.3, 0.4) is 0 Å². The number of sulfonamides is 1. The van der Waals surface area contributed by atoms with Crippen molar-refractivity contribution in [2.24, 2.45) is 0 Å². The van der Waals surface area contributed by atoms with E-state index in [0.717, 1.165) is 11.1 Å². The molecule has 178 valence electrons. The zero-order valence-electron chi connectivity index (χ0n) is 19.2. The summed E-state index contributed by atoms with van der Waals surface area (Å²) in [7, 11) is -3.84. The summed E-state index contributed by atoms with van der Waals surface area (Å²) < 4.78 is 33.0. The number of hydrogen-bond donors (Lipinski definition) is 2. The van der Waals surface area contributed by atoms with Gasteiger partial charge in [0.25, 0.3) is 5.91 Å².